The summed E-state index contributed by atoms with van der Waals surface area (Å²) < 4.78 is 0. The SMILES string of the molecule is CN(CCCC#N)C1CCCCC1O. The van der Waals surface area contributed by atoms with E-state index in [1.807, 2.05) is 0 Å². The normalized spacial score (nSPS) is 27.6. The molecule has 1 N–H and O–H groups in total. The van der Waals surface area contributed by atoms with E-state index in [0.29, 0.717) is 12.5 Å². The molecule has 1 saturated carbocycles. The van der Waals surface area contributed by atoms with E-state index in [-0.39, 0.29) is 6.10 Å². The van der Waals surface area contributed by atoms with Crippen molar-refractivity contribution in [2.24, 2.45) is 0 Å². The monoisotopic (exact) mass is 196 g/mol. The van der Waals surface area contributed by atoms with Crippen LogP contribution in [0.25, 0.3) is 0 Å². The average Bonchev–Trinajstić information content (AvgIpc) is 2.18. The molecule has 80 valence electrons. The van der Waals surface area contributed by atoms with E-state index in [2.05, 4.69) is 18.0 Å². The van der Waals surface area contributed by atoms with E-state index in [9.17, 15) is 5.11 Å². The maximum atomic E-state index is 9.79. The lowest BCUT2D eigenvalue weighted by molar-refractivity contribution is 0.0320. The number of rotatable bonds is 4. The van der Waals surface area contributed by atoms with Crippen LogP contribution in [-0.4, -0.2) is 35.7 Å². The molecule has 1 rings (SSSR count). The van der Waals surface area contributed by atoms with Crippen LogP contribution >= 0.6 is 0 Å². The predicted molar refractivity (Wildman–Crippen MR) is 55.7 cm³/mol. The largest absolute Gasteiger partial charge is 0.391 e. The topological polar surface area (TPSA) is 47.3 Å². The number of aliphatic hydroxyl groups is 1. The number of hydrogen-bond donors (Lipinski definition) is 1. The Balaban J connectivity index is 2.27. The summed E-state index contributed by atoms with van der Waals surface area (Å²) >= 11 is 0. The summed E-state index contributed by atoms with van der Waals surface area (Å²) in [6.45, 7) is 0.926. The van der Waals surface area contributed by atoms with Crippen molar-refractivity contribution in [1.29, 1.82) is 5.26 Å². The highest BCUT2D eigenvalue weighted by Crippen LogP contribution is 2.22. The van der Waals surface area contributed by atoms with Crippen LogP contribution in [0.4, 0.5) is 0 Å². The van der Waals surface area contributed by atoms with E-state index in [1.165, 1.54) is 6.42 Å². The minimum absolute atomic E-state index is 0.157. The van der Waals surface area contributed by atoms with Gasteiger partial charge >= 0.3 is 0 Å². The van der Waals surface area contributed by atoms with E-state index in [4.69, 9.17) is 5.26 Å². The number of aliphatic hydroxyl groups excluding tert-OH is 1. The van der Waals surface area contributed by atoms with Crippen LogP contribution in [0.3, 0.4) is 0 Å². The first kappa shape index (κ1) is 11.5. The van der Waals surface area contributed by atoms with Gasteiger partial charge in [-0.05, 0) is 32.9 Å². The molecule has 0 heterocycles. The van der Waals surface area contributed by atoms with Crippen LogP contribution in [0.1, 0.15) is 38.5 Å². The highest BCUT2D eigenvalue weighted by Gasteiger charge is 2.25. The summed E-state index contributed by atoms with van der Waals surface area (Å²) in [6.07, 6.45) is 5.80. The lowest BCUT2D eigenvalue weighted by Crippen LogP contribution is -2.43. The third-order valence-corrected chi connectivity index (χ3v) is 3.06. The lowest BCUT2D eigenvalue weighted by Gasteiger charge is -2.35. The molecule has 0 bridgehead atoms. The minimum atomic E-state index is -0.157. The summed E-state index contributed by atoms with van der Waals surface area (Å²) in [6, 6.07) is 2.47. The Hall–Kier alpha value is -0.590. The number of nitriles is 1. The molecule has 14 heavy (non-hydrogen) atoms. The van der Waals surface area contributed by atoms with Crippen molar-refractivity contribution in [2.75, 3.05) is 13.6 Å². The smallest absolute Gasteiger partial charge is 0.0695 e. The highest BCUT2D eigenvalue weighted by atomic mass is 16.3. The van der Waals surface area contributed by atoms with Gasteiger partial charge in [0.2, 0.25) is 0 Å². The molecule has 1 aliphatic rings. The molecule has 0 amide bonds. The van der Waals surface area contributed by atoms with Crippen LogP contribution in [0, 0.1) is 11.3 Å². The summed E-state index contributed by atoms with van der Waals surface area (Å²) in [5, 5.41) is 18.2. The van der Waals surface area contributed by atoms with Crippen molar-refractivity contribution in [3.05, 3.63) is 0 Å². The van der Waals surface area contributed by atoms with Crippen LogP contribution in [-0.2, 0) is 0 Å². The second kappa shape index (κ2) is 6.00. The zero-order valence-corrected chi connectivity index (χ0v) is 8.95. The van der Waals surface area contributed by atoms with Crippen LogP contribution in [0.5, 0.6) is 0 Å². The zero-order valence-electron chi connectivity index (χ0n) is 8.95. The van der Waals surface area contributed by atoms with E-state index in [0.717, 1.165) is 32.2 Å². The third-order valence-electron chi connectivity index (χ3n) is 3.06. The Morgan fingerprint density at radius 3 is 2.79 bits per heavy atom. The van der Waals surface area contributed by atoms with Gasteiger partial charge in [-0.2, -0.15) is 5.26 Å². The summed E-state index contributed by atoms with van der Waals surface area (Å²) in [5.41, 5.74) is 0. The van der Waals surface area contributed by atoms with E-state index >= 15 is 0 Å². The van der Waals surface area contributed by atoms with Gasteiger partial charge in [0.1, 0.15) is 0 Å². The molecule has 1 fully saturated rings. The summed E-state index contributed by atoms with van der Waals surface area (Å²) in [4.78, 5) is 2.21. The quantitative estimate of drug-likeness (QED) is 0.694. The van der Waals surface area contributed by atoms with Crippen LogP contribution < -0.4 is 0 Å². The van der Waals surface area contributed by atoms with Crippen LogP contribution in [0.2, 0.25) is 0 Å². The van der Waals surface area contributed by atoms with Crippen LogP contribution in [0.15, 0.2) is 0 Å². The molecule has 0 aromatic heterocycles. The van der Waals surface area contributed by atoms with Gasteiger partial charge in [0, 0.05) is 12.5 Å². The average molecular weight is 196 g/mol. The third kappa shape index (κ3) is 3.28. The Morgan fingerprint density at radius 2 is 2.14 bits per heavy atom. The molecular formula is C11H20N2O. The van der Waals surface area contributed by atoms with Gasteiger partial charge < -0.3 is 10.0 Å². The fourth-order valence-corrected chi connectivity index (χ4v) is 2.18. The standard InChI is InChI=1S/C11H20N2O/c1-13(9-5-4-8-12)10-6-2-3-7-11(10)14/h10-11,14H,2-7,9H2,1H3. The fourth-order valence-electron chi connectivity index (χ4n) is 2.18. The number of likely N-dealkylation sites (N-methyl/N-ethyl adjacent to an activating group) is 1. The first-order valence-corrected chi connectivity index (χ1v) is 5.51. The highest BCUT2D eigenvalue weighted by molar-refractivity contribution is 4.82. The zero-order chi connectivity index (χ0) is 10.4. The molecule has 0 radical (unpaired) electrons. The van der Waals surface area contributed by atoms with Gasteiger partial charge in [0.05, 0.1) is 12.2 Å². The minimum Gasteiger partial charge on any atom is -0.391 e. The second-order valence-corrected chi connectivity index (χ2v) is 4.16. The molecule has 2 atom stereocenters. The second-order valence-electron chi connectivity index (χ2n) is 4.16. The van der Waals surface area contributed by atoms with E-state index in [1.54, 1.807) is 0 Å². The Morgan fingerprint density at radius 1 is 1.43 bits per heavy atom. The number of hydrogen-bond acceptors (Lipinski definition) is 3. The maximum Gasteiger partial charge on any atom is 0.0695 e. The van der Waals surface area contributed by atoms with Gasteiger partial charge in [0.25, 0.3) is 0 Å². The van der Waals surface area contributed by atoms with Gasteiger partial charge in [-0.15, -0.1) is 0 Å². The molecule has 0 aromatic rings. The molecule has 3 heteroatoms. The van der Waals surface area contributed by atoms with Crippen molar-refractivity contribution in [3.8, 4) is 6.07 Å². The van der Waals surface area contributed by atoms with Crippen molar-refractivity contribution >= 4 is 0 Å². The first-order valence-electron chi connectivity index (χ1n) is 5.51. The molecule has 1 aliphatic carbocycles. The molecule has 2 unspecified atom stereocenters. The fraction of sp³-hybridized carbons (Fsp3) is 0.909. The molecule has 0 spiro atoms. The Bertz CT molecular complexity index is 200. The number of unbranched alkanes of at least 4 members (excludes halogenated alkanes) is 1. The van der Waals surface area contributed by atoms with Crippen molar-refractivity contribution in [2.45, 2.75) is 50.7 Å². The van der Waals surface area contributed by atoms with Gasteiger partial charge in [0.15, 0.2) is 0 Å². The maximum absolute atomic E-state index is 9.79. The molecule has 0 saturated heterocycles. The molecular weight excluding hydrogens is 176 g/mol. The summed E-state index contributed by atoms with van der Waals surface area (Å²) in [5.74, 6) is 0. The first-order chi connectivity index (χ1) is 6.75. The van der Waals surface area contributed by atoms with Crippen molar-refractivity contribution in [3.63, 3.8) is 0 Å². The van der Waals surface area contributed by atoms with Crippen molar-refractivity contribution < 1.29 is 5.11 Å². The number of nitrogens with zero attached hydrogens (tertiary/aromatic N) is 2. The molecule has 0 aliphatic heterocycles. The Kier molecular flexibility index (Phi) is 4.92. The predicted octanol–water partition coefficient (Wildman–Crippen LogP) is 1.53. The summed E-state index contributed by atoms with van der Waals surface area (Å²) in [7, 11) is 2.05. The molecule has 0 aromatic carbocycles. The Labute approximate surface area is 86.3 Å². The van der Waals surface area contributed by atoms with Gasteiger partial charge in [-0.25, -0.2) is 0 Å². The van der Waals surface area contributed by atoms with E-state index < -0.39 is 0 Å². The molecule has 3 nitrogen and oxygen atoms in total. The van der Waals surface area contributed by atoms with Crippen molar-refractivity contribution in [1.82, 2.24) is 4.90 Å². The lowest BCUT2D eigenvalue weighted by atomic mass is 9.91. The van der Waals surface area contributed by atoms with Gasteiger partial charge in [-0.1, -0.05) is 12.8 Å². The van der Waals surface area contributed by atoms with Gasteiger partial charge in [-0.3, -0.25) is 0 Å².